The first kappa shape index (κ1) is 20.4. The summed E-state index contributed by atoms with van der Waals surface area (Å²) in [5.74, 6) is 0.218. The summed E-state index contributed by atoms with van der Waals surface area (Å²) in [4.78, 5) is 12.1. The van der Waals surface area contributed by atoms with E-state index in [1.807, 2.05) is 25.5 Å². The quantitative estimate of drug-likeness (QED) is 0.763. The molecule has 1 aliphatic rings. The highest BCUT2D eigenvalue weighted by atomic mass is 16.3. The van der Waals surface area contributed by atoms with Gasteiger partial charge in [-0.05, 0) is 67.2 Å². The van der Waals surface area contributed by atoms with Crippen molar-refractivity contribution in [1.82, 2.24) is 9.78 Å². The summed E-state index contributed by atoms with van der Waals surface area (Å²) in [7, 11) is 0. The van der Waals surface area contributed by atoms with Gasteiger partial charge in [-0.3, -0.25) is 9.48 Å². The molecule has 1 atom stereocenters. The number of amides is 1. The molecule has 5 nitrogen and oxygen atoms in total. The van der Waals surface area contributed by atoms with E-state index in [-0.39, 0.29) is 11.8 Å². The predicted molar refractivity (Wildman–Crippen MR) is 112 cm³/mol. The fourth-order valence-electron chi connectivity index (χ4n) is 4.74. The third-order valence-electron chi connectivity index (χ3n) is 6.08. The first-order valence-electron chi connectivity index (χ1n) is 10.5. The molecule has 0 radical (unpaired) electrons. The van der Waals surface area contributed by atoms with Crippen LogP contribution in [-0.4, -0.2) is 20.8 Å². The summed E-state index contributed by atoms with van der Waals surface area (Å²) in [6, 6.07) is 1.70. The number of carbonyl (C=O) groups is 1. The van der Waals surface area contributed by atoms with E-state index in [0.717, 1.165) is 61.0 Å². The van der Waals surface area contributed by atoms with E-state index in [2.05, 4.69) is 19.9 Å². The van der Waals surface area contributed by atoms with Gasteiger partial charge in [0.2, 0.25) is 5.91 Å². The van der Waals surface area contributed by atoms with Crippen LogP contribution >= 0.6 is 0 Å². The van der Waals surface area contributed by atoms with Crippen LogP contribution in [0.15, 0.2) is 6.07 Å². The van der Waals surface area contributed by atoms with Gasteiger partial charge in [-0.1, -0.05) is 33.8 Å². The number of aryl methyl sites for hydroxylation is 2. The van der Waals surface area contributed by atoms with Crippen LogP contribution in [0.2, 0.25) is 0 Å². The molecule has 1 unspecified atom stereocenters. The Hall–Kier alpha value is -2.30. The molecule has 0 aliphatic heterocycles. The molecule has 1 aromatic heterocycles. The molecule has 28 heavy (non-hydrogen) atoms. The maximum atomic E-state index is 12.1. The Kier molecular flexibility index (Phi) is 5.82. The summed E-state index contributed by atoms with van der Waals surface area (Å²) in [5.41, 5.74) is 13.7. The zero-order chi connectivity index (χ0) is 20.6. The lowest BCUT2D eigenvalue weighted by atomic mass is 9.92. The number of hydrogen-bond acceptors (Lipinski definition) is 3. The summed E-state index contributed by atoms with van der Waals surface area (Å²) in [6.07, 6.45) is 5.48. The number of aromatic nitrogens is 2. The second-order valence-electron chi connectivity index (χ2n) is 8.30. The zero-order valence-corrected chi connectivity index (χ0v) is 17.8. The normalized spacial score (nSPS) is 14.5. The summed E-state index contributed by atoms with van der Waals surface area (Å²) in [6.45, 7) is 10.2. The molecular weight excluding hydrogens is 350 g/mol. The Balaban J connectivity index is 2.12. The summed E-state index contributed by atoms with van der Waals surface area (Å²) < 4.78 is 1.88. The van der Waals surface area contributed by atoms with E-state index in [1.54, 1.807) is 0 Å². The average Bonchev–Trinajstić information content (AvgIpc) is 3.24. The molecule has 0 saturated heterocycles. The van der Waals surface area contributed by atoms with E-state index in [1.165, 1.54) is 16.7 Å². The Morgan fingerprint density at radius 3 is 2.50 bits per heavy atom. The molecule has 3 N–H and O–H groups in total. The van der Waals surface area contributed by atoms with Gasteiger partial charge < -0.3 is 10.8 Å². The fourth-order valence-corrected chi connectivity index (χ4v) is 4.74. The predicted octanol–water partition coefficient (Wildman–Crippen LogP) is 3.78. The number of benzene rings is 1. The van der Waals surface area contributed by atoms with Gasteiger partial charge in [0.1, 0.15) is 11.8 Å². The smallest absolute Gasteiger partial charge is 0.242 e. The second-order valence-corrected chi connectivity index (χ2v) is 8.30. The molecule has 0 bridgehead atoms. The van der Waals surface area contributed by atoms with Crippen LogP contribution in [-0.2, 0) is 36.9 Å². The number of aromatic hydroxyl groups is 1. The Morgan fingerprint density at radius 1 is 1.25 bits per heavy atom. The number of phenols is 1. The van der Waals surface area contributed by atoms with Crippen LogP contribution in [0.1, 0.15) is 79.4 Å². The second kappa shape index (κ2) is 7.98. The van der Waals surface area contributed by atoms with Gasteiger partial charge in [0.15, 0.2) is 0 Å². The highest BCUT2D eigenvalue weighted by Gasteiger charge is 2.29. The van der Waals surface area contributed by atoms with Crippen molar-refractivity contribution >= 4 is 5.91 Å². The van der Waals surface area contributed by atoms with Gasteiger partial charge >= 0.3 is 0 Å². The number of carbonyl (C=O) groups excluding carboxylic acids is 1. The lowest BCUT2D eigenvalue weighted by Gasteiger charge is -2.21. The average molecular weight is 384 g/mol. The number of hydrogen-bond donors (Lipinski definition) is 2. The molecule has 0 spiro atoms. The highest BCUT2D eigenvalue weighted by molar-refractivity contribution is 5.78. The topological polar surface area (TPSA) is 81.1 Å². The SMILES string of the molecule is CCc1nn(C(C(N)=O)C(C)C)c(CC)c1Cc1cc(C)c(O)c2c1CCC2. The Bertz CT molecular complexity index is 896. The molecule has 1 aliphatic carbocycles. The highest BCUT2D eigenvalue weighted by Crippen LogP contribution is 2.37. The number of rotatable bonds is 7. The molecular formula is C23H33N3O2. The summed E-state index contributed by atoms with van der Waals surface area (Å²) in [5, 5.41) is 15.3. The molecule has 1 amide bonds. The molecule has 5 heteroatoms. The minimum absolute atomic E-state index is 0.0837. The number of fused-ring (bicyclic) bond motifs is 1. The van der Waals surface area contributed by atoms with Crippen LogP contribution in [0.25, 0.3) is 0 Å². The third kappa shape index (κ3) is 3.43. The first-order chi connectivity index (χ1) is 13.3. The molecule has 0 saturated carbocycles. The number of phenolic OH excluding ortho intramolecular Hbond substituents is 1. The molecule has 1 heterocycles. The van der Waals surface area contributed by atoms with Crippen molar-refractivity contribution in [3.63, 3.8) is 0 Å². The molecule has 152 valence electrons. The minimum atomic E-state index is -0.429. The maximum absolute atomic E-state index is 12.1. The first-order valence-corrected chi connectivity index (χ1v) is 10.5. The van der Waals surface area contributed by atoms with E-state index in [0.29, 0.717) is 5.75 Å². The van der Waals surface area contributed by atoms with Crippen molar-refractivity contribution in [2.75, 3.05) is 0 Å². The van der Waals surface area contributed by atoms with E-state index in [4.69, 9.17) is 10.8 Å². The molecule has 2 aromatic rings. The number of nitrogens with two attached hydrogens (primary N) is 1. The van der Waals surface area contributed by atoms with E-state index < -0.39 is 6.04 Å². The van der Waals surface area contributed by atoms with Gasteiger partial charge in [-0.25, -0.2) is 0 Å². The largest absolute Gasteiger partial charge is 0.507 e. The lowest BCUT2D eigenvalue weighted by Crippen LogP contribution is -2.32. The van der Waals surface area contributed by atoms with Crippen molar-refractivity contribution in [3.8, 4) is 5.75 Å². The van der Waals surface area contributed by atoms with Crippen LogP contribution in [0.5, 0.6) is 5.75 Å². The third-order valence-corrected chi connectivity index (χ3v) is 6.08. The number of primary amides is 1. The molecule has 0 fully saturated rings. The van der Waals surface area contributed by atoms with E-state index in [9.17, 15) is 9.90 Å². The number of nitrogens with zero attached hydrogens (tertiary/aromatic N) is 2. The van der Waals surface area contributed by atoms with Crippen LogP contribution < -0.4 is 5.73 Å². The van der Waals surface area contributed by atoms with Crippen LogP contribution in [0, 0.1) is 12.8 Å². The zero-order valence-electron chi connectivity index (χ0n) is 17.8. The van der Waals surface area contributed by atoms with Gasteiger partial charge in [-0.15, -0.1) is 0 Å². The van der Waals surface area contributed by atoms with Crippen molar-refractivity contribution in [1.29, 1.82) is 0 Å². The van der Waals surface area contributed by atoms with Gasteiger partial charge in [0.05, 0.1) is 5.69 Å². The minimum Gasteiger partial charge on any atom is -0.507 e. The maximum Gasteiger partial charge on any atom is 0.242 e. The van der Waals surface area contributed by atoms with Crippen LogP contribution in [0.3, 0.4) is 0 Å². The lowest BCUT2D eigenvalue weighted by molar-refractivity contribution is -0.122. The van der Waals surface area contributed by atoms with Gasteiger partial charge in [0.25, 0.3) is 0 Å². The van der Waals surface area contributed by atoms with Crippen molar-refractivity contribution in [3.05, 3.63) is 45.3 Å². The Morgan fingerprint density at radius 2 is 1.93 bits per heavy atom. The standard InChI is InChI=1S/C23H33N3O2/c1-6-19-18(20(7-2)26(25-19)21(13(3)4)23(24)28)12-15-11-14(5)22(27)17-10-8-9-16(15)17/h11,13,21,27H,6-10,12H2,1-5H3,(H2,24,28). The van der Waals surface area contributed by atoms with Crippen molar-refractivity contribution < 1.29 is 9.90 Å². The van der Waals surface area contributed by atoms with Crippen molar-refractivity contribution in [2.45, 2.75) is 79.2 Å². The van der Waals surface area contributed by atoms with Gasteiger partial charge in [-0.2, -0.15) is 5.10 Å². The monoisotopic (exact) mass is 383 g/mol. The van der Waals surface area contributed by atoms with Crippen LogP contribution in [0.4, 0.5) is 0 Å². The Labute approximate surface area is 167 Å². The summed E-state index contributed by atoms with van der Waals surface area (Å²) >= 11 is 0. The van der Waals surface area contributed by atoms with E-state index >= 15 is 0 Å². The molecule has 3 rings (SSSR count). The molecule has 1 aromatic carbocycles. The van der Waals surface area contributed by atoms with Crippen molar-refractivity contribution in [2.24, 2.45) is 11.7 Å². The van der Waals surface area contributed by atoms with Gasteiger partial charge in [0, 0.05) is 17.7 Å². The fraction of sp³-hybridized carbons (Fsp3) is 0.565.